The van der Waals surface area contributed by atoms with Crippen LogP contribution in [0.1, 0.15) is 37.7 Å². The first kappa shape index (κ1) is 19.7. The smallest absolute Gasteiger partial charge is 0.333 e. The van der Waals surface area contributed by atoms with Gasteiger partial charge in [-0.25, -0.2) is 14.6 Å². The summed E-state index contributed by atoms with van der Waals surface area (Å²) in [5.41, 5.74) is 5.21. The number of carbonyl (C=O) groups excluding carboxylic acids is 3. The monoisotopic (exact) mass is 364 g/mol. The maximum atomic E-state index is 12.8. The van der Waals surface area contributed by atoms with E-state index in [0.717, 1.165) is 25.8 Å². The zero-order chi connectivity index (χ0) is 18.8. The molecule has 1 aliphatic heterocycles. The summed E-state index contributed by atoms with van der Waals surface area (Å²) in [4.78, 5) is 37.1. The van der Waals surface area contributed by atoms with Gasteiger partial charge in [0.25, 0.3) is 0 Å². The van der Waals surface area contributed by atoms with Gasteiger partial charge in [-0.1, -0.05) is 18.6 Å². The number of hydrogen-bond acceptors (Lipinski definition) is 3. The molecule has 142 valence electrons. The molecule has 1 saturated heterocycles. The molecule has 4 amide bonds. The molecule has 1 aliphatic rings. The summed E-state index contributed by atoms with van der Waals surface area (Å²) in [5, 5.41) is 2.63. The van der Waals surface area contributed by atoms with Crippen LogP contribution in [0.25, 0.3) is 0 Å². The van der Waals surface area contributed by atoms with Crippen LogP contribution in [-0.4, -0.2) is 42.4 Å². The van der Waals surface area contributed by atoms with E-state index >= 15 is 0 Å². The highest BCUT2D eigenvalue weighted by molar-refractivity contribution is 5.82. The standard InChI is InChI=1S/C18H25FN4O3/c19-15-8-6-14(7-9-15)13-16(24)21-22-18(26)20-10-4-12-23-11-3-1-2-5-17(23)25/h6-9H,1-5,10-13H2,(H,21,24)(H2,20,22,26). The van der Waals surface area contributed by atoms with Gasteiger partial charge in [-0.15, -0.1) is 0 Å². The third-order valence-electron chi connectivity index (χ3n) is 4.16. The number of urea groups is 1. The van der Waals surface area contributed by atoms with Crippen LogP contribution < -0.4 is 16.2 Å². The van der Waals surface area contributed by atoms with E-state index in [2.05, 4.69) is 16.2 Å². The molecule has 0 aliphatic carbocycles. The maximum absolute atomic E-state index is 12.8. The van der Waals surface area contributed by atoms with E-state index in [1.165, 1.54) is 24.3 Å². The molecule has 0 aromatic heterocycles. The summed E-state index contributed by atoms with van der Waals surface area (Å²) in [6, 6.07) is 5.06. The molecule has 0 saturated carbocycles. The molecular weight excluding hydrogens is 339 g/mol. The number of likely N-dealkylation sites (tertiary alicyclic amines) is 1. The lowest BCUT2D eigenvalue weighted by Crippen LogP contribution is -2.47. The molecule has 3 N–H and O–H groups in total. The van der Waals surface area contributed by atoms with Crippen LogP contribution in [0.2, 0.25) is 0 Å². The van der Waals surface area contributed by atoms with Gasteiger partial charge in [0.15, 0.2) is 0 Å². The molecule has 0 spiro atoms. The molecule has 1 fully saturated rings. The summed E-state index contributed by atoms with van der Waals surface area (Å²) in [6.45, 7) is 1.81. The number of nitrogens with zero attached hydrogens (tertiary/aromatic N) is 1. The first-order valence-corrected chi connectivity index (χ1v) is 8.89. The van der Waals surface area contributed by atoms with E-state index in [1.807, 2.05) is 4.90 Å². The van der Waals surface area contributed by atoms with Crippen molar-refractivity contribution >= 4 is 17.8 Å². The summed E-state index contributed by atoms with van der Waals surface area (Å²) < 4.78 is 12.8. The van der Waals surface area contributed by atoms with Crippen molar-refractivity contribution in [3.05, 3.63) is 35.6 Å². The topological polar surface area (TPSA) is 90.5 Å². The third kappa shape index (κ3) is 7.08. The van der Waals surface area contributed by atoms with Crippen LogP contribution in [0.5, 0.6) is 0 Å². The summed E-state index contributed by atoms with van der Waals surface area (Å²) >= 11 is 0. The molecule has 0 unspecified atom stereocenters. The Kier molecular flexibility index (Phi) is 7.85. The lowest BCUT2D eigenvalue weighted by Gasteiger charge is -2.20. The zero-order valence-corrected chi connectivity index (χ0v) is 14.7. The average Bonchev–Trinajstić information content (AvgIpc) is 2.83. The second-order valence-electron chi connectivity index (χ2n) is 6.28. The number of benzene rings is 1. The van der Waals surface area contributed by atoms with Gasteiger partial charge in [0.1, 0.15) is 5.82 Å². The van der Waals surface area contributed by atoms with Gasteiger partial charge in [-0.05, 0) is 37.0 Å². The van der Waals surface area contributed by atoms with Crippen molar-refractivity contribution in [1.82, 2.24) is 21.1 Å². The number of nitrogens with one attached hydrogen (secondary N) is 3. The van der Waals surface area contributed by atoms with Crippen LogP contribution in [-0.2, 0) is 16.0 Å². The largest absolute Gasteiger partial charge is 0.343 e. The number of halogens is 1. The quantitative estimate of drug-likeness (QED) is 0.528. The van der Waals surface area contributed by atoms with Gasteiger partial charge < -0.3 is 10.2 Å². The first-order valence-electron chi connectivity index (χ1n) is 8.89. The van der Waals surface area contributed by atoms with Crippen molar-refractivity contribution in [2.75, 3.05) is 19.6 Å². The molecule has 0 bridgehead atoms. The summed E-state index contributed by atoms with van der Waals surface area (Å²) in [6.07, 6.45) is 4.36. The Hall–Kier alpha value is -2.64. The molecule has 1 aromatic rings. The second kappa shape index (κ2) is 10.4. The SMILES string of the molecule is O=C(Cc1ccc(F)cc1)NNC(=O)NCCCN1CCCCCC1=O. The van der Waals surface area contributed by atoms with Crippen molar-refractivity contribution in [1.29, 1.82) is 0 Å². The van der Waals surface area contributed by atoms with Crippen molar-refractivity contribution < 1.29 is 18.8 Å². The lowest BCUT2D eigenvalue weighted by molar-refractivity contribution is -0.130. The predicted octanol–water partition coefficient (Wildman–Crippen LogP) is 1.49. The highest BCUT2D eigenvalue weighted by atomic mass is 19.1. The number of rotatable bonds is 6. The zero-order valence-electron chi connectivity index (χ0n) is 14.7. The van der Waals surface area contributed by atoms with Crippen molar-refractivity contribution in [3.8, 4) is 0 Å². The van der Waals surface area contributed by atoms with Crippen LogP contribution >= 0.6 is 0 Å². The van der Waals surface area contributed by atoms with Gasteiger partial charge >= 0.3 is 6.03 Å². The summed E-state index contributed by atoms with van der Waals surface area (Å²) in [7, 11) is 0. The Morgan fingerprint density at radius 3 is 2.62 bits per heavy atom. The van der Waals surface area contributed by atoms with Gasteiger partial charge in [0.05, 0.1) is 6.42 Å². The Bertz CT molecular complexity index is 621. The number of carbonyl (C=O) groups is 3. The van der Waals surface area contributed by atoms with E-state index in [4.69, 9.17) is 0 Å². The van der Waals surface area contributed by atoms with Gasteiger partial charge in [-0.3, -0.25) is 15.0 Å². The Labute approximate surface area is 152 Å². The van der Waals surface area contributed by atoms with E-state index in [-0.39, 0.29) is 18.1 Å². The molecule has 1 heterocycles. The highest BCUT2D eigenvalue weighted by Crippen LogP contribution is 2.11. The Balaban J connectivity index is 1.57. The van der Waals surface area contributed by atoms with E-state index < -0.39 is 11.9 Å². The molecule has 1 aromatic carbocycles. The van der Waals surface area contributed by atoms with Crippen LogP contribution in [0.4, 0.5) is 9.18 Å². The Morgan fingerprint density at radius 2 is 1.85 bits per heavy atom. The van der Waals surface area contributed by atoms with Crippen molar-refractivity contribution in [3.63, 3.8) is 0 Å². The van der Waals surface area contributed by atoms with Gasteiger partial charge in [0.2, 0.25) is 11.8 Å². The average molecular weight is 364 g/mol. The molecule has 26 heavy (non-hydrogen) atoms. The number of hydrazine groups is 1. The molecule has 7 nitrogen and oxygen atoms in total. The molecule has 2 rings (SSSR count). The van der Waals surface area contributed by atoms with E-state index in [0.29, 0.717) is 31.5 Å². The van der Waals surface area contributed by atoms with Crippen LogP contribution in [0.15, 0.2) is 24.3 Å². The van der Waals surface area contributed by atoms with Crippen LogP contribution in [0.3, 0.4) is 0 Å². The van der Waals surface area contributed by atoms with Gasteiger partial charge in [-0.2, -0.15) is 0 Å². The van der Waals surface area contributed by atoms with Crippen molar-refractivity contribution in [2.24, 2.45) is 0 Å². The minimum atomic E-state index is -0.514. The molecule has 0 atom stereocenters. The first-order chi connectivity index (χ1) is 12.5. The fraction of sp³-hybridized carbons (Fsp3) is 0.500. The maximum Gasteiger partial charge on any atom is 0.333 e. The highest BCUT2D eigenvalue weighted by Gasteiger charge is 2.15. The molecular formula is C18H25FN4O3. The van der Waals surface area contributed by atoms with Crippen molar-refractivity contribution in [2.45, 2.75) is 38.5 Å². The predicted molar refractivity (Wildman–Crippen MR) is 94.4 cm³/mol. The van der Waals surface area contributed by atoms with E-state index in [9.17, 15) is 18.8 Å². The van der Waals surface area contributed by atoms with Gasteiger partial charge in [0, 0.05) is 26.1 Å². The molecule has 8 heteroatoms. The number of hydrogen-bond donors (Lipinski definition) is 3. The number of amides is 4. The second-order valence-corrected chi connectivity index (χ2v) is 6.28. The lowest BCUT2D eigenvalue weighted by atomic mass is 10.1. The molecule has 0 radical (unpaired) electrons. The normalized spacial score (nSPS) is 14.5. The minimum absolute atomic E-state index is 0.0393. The fourth-order valence-electron chi connectivity index (χ4n) is 2.75. The minimum Gasteiger partial charge on any atom is -0.343 e. The Morgan fingerprint density at radius 1 is 1.08 bits per heavy atom. The third-order valence-corrected chi connectivity index (χ3v) is 4.16. The fourth-order valence-corrected chi connectivity index (χ4v) is 2.75. The summed E-state index contributed by atoms with van der Waals surface area (Å²) in [5.74, 6) is -0.588. The van der Waals surface area contributed by atoms with Crippen LogP contribution in [0, 0.1) is 5.82 Å². The van der Waals surface area contributed by atoms with E-state index in [1.54, 1.807) is 0 Å².